The van der Waals surface area contributed by atoms with Crippen LogP contribution in [0.25, 0.3) is 6.08 Å². The molecule has 1 amide bonds. The molecule has 2 aromatic heterocycles. The average Bonchev–Trinajstić information content (AvgIpc) is 3.23. The van der Waals surface area contributed by atoms with Crippen LogP contribution in [0.2, 0.25) is 0 Å². The highest BCUT2D eigenvalue weighted by Crippen LogP contribution is 2.12. The molecule has 0 aliphatic heterocycles. The van der Waals surface area contributed by atoms with Crippen LogP contribution in [0, 0.1) is 6.92 Å². The van der Waals surface area contributed by atoms with Crippen LogP contribution in [0.3, 0.4) is 0 Å². The lowest BCUT2D eigenvalue weighted by atomic mass is 10.1. The largest absolute Gasteiger partial charge is 0.456 e. The van der Waals surface area contributed by atoms with E-state index >= 15 is 0 Å². The van der Waals surface area contributed by atoms with Crippen LogP contribution in [-0.4, -0.2) is 21.5 Å². The number of carbonyl (C=O) groups is 2. The number of nitrogens with one attached hydrogen (secondary N) is 1. The van der Waals surface area contributed by atoms with Crippen LogP contribution in [-0.2, 0) is 11.3 Å². The number of Topliss-reactive ketones (excluding diaryl/α,β-unsaturated/α-hetero) is 1. The maximum absolute atomic E-state index is 12.0. The number of carbonyl (C=O) groups excluding carboxylic acids is 2. The van der Waals surface area contributed by atoms with E-state index < -0.39 is 0 Å². The summed E-state index contributed by atoms with van der Waals surface area (Å²) in [7, 11) is 0. The molecule has 3 aromatic rings. The molecule has 0 aliphatic rings. The molecular formula is C20H19N3O3. The summed E-state index contributed by atoms with van der Waals surface area (Å²) < 4.78 is 7.06. The number of hydrogen-bond donors (Lipinski definition) is 1. The summed E-state index contributed by atoms with van der Waals surface area (Å²) in [6, 6.07) is 13.0. The molecule has 0 bridgehead atoms. The third-order valence-electron chi connectivity index (χ3n) is 3.69. The number of rotatable bonds is 6. The normalized spacial score (nSPS) is 11.0. The number of aromatic nitrogens is 2. The van der Waals surface area contributed by atoms with E-state index in [0.717, 1.165) is 11.1 Å². The number of furan rings is 1. The second-order valence-corrected chi connectivity index (χ2v) is 5.96. The lowest BCUT2D eigenvalue weighted by Gasteiger charge is -1.99. The topological polar surface area (TPSA) is 77.1 Å². The fraction of sp³-hybridized carbons (Fsp3) is 0.150. The minimum absolute atomic E-state index is 0.120. The van der Waals surface area contributed by atoms with Gasteiger partial charge >= 0.3 is 0 Å². The maximum atomic E-state index is 12.0. The number of amides is 1. The fourth-order valence-electron chi connectivity index (χ4n) is 2.44. The van der Waals surface area contributed by atoms with Crippen molar-refractivity contribution in [2.75, 3.05) is 5.32 Å². The number of hydrogen-bond acceptors (Lipinski definition) is 4. The van der Waals surface area contributed by atoms with Crippen LogP contribution in [0.5, 0.6) is 0 Å². The SMILES string of the molecule is CC(=O)c1ccc(Cn2ccc(NC(=O)C=Cc3cccc(C)c3)n2)o1. The molecule has 0 radical (unpaired) electrons. The van der Waals surface area contributed by atoms with Gasteiger partial charge in [0.2, 0.25) is 5.91 Å². The van der Waals surface area contributed by atoms with Gasteiger partial charge in [0.25, 0.3) is 0 Å². The van der Waals surface area contributed by atoms with E-state index in [2.05, 4.69) is 10.4 Å². The summed E-state index contributed by atoms with van der Waals surface area (Å²) in [6.45, 7) is 3.83. The van der Waals surface area contributed by atoms with E-state index in [4.69, 9.17) is 4.42 Å². The summed E-state index contributed by atoms with van der Waals surface area (Å²) in [5.41, 5.74) is 2.10. The van der Waals surface area contributed by atoms with Crippen LogP contribution in [0.15, 0.2) is 59.2 Å². The Morgan fingerprint density at radius 2 is 2.08 bits per heavy atom. The number of ketones is 1. The van der Waals surface area contributed by atoms with Gasteiger partial charge in [-0.05, 0) is 30.7 Å². The third-order valence-corrected chi connectivity index (χ3v) is 3.69. The smallest absolute Gasteiger partial charge is 0.249 e. The monoisotopic (exact) mass is 349 g/mol. The Morgan fingerprint density at radius 1 is 1.23 bits per heavy atom. The average molecular weight is 349 g/mol. The van der Waals surface area contributed by atoms with Gasteiger partial charge in [0.15, 0.2) is 17.4 Å². The Morgan fingerprint density at radius 3 is 2.81 bits per heavy atom. The summed E-state index contributed by atoms with van der Waals surface area (Å²) in [5, 5.41) is 6.99. The van der Waals surface area contributed by atoms with Crippen molar-refractivity contribution in [2.45, 2.75) is 20.4 Å². The van der Waals surface area contributed by atoms with Gasteiger partial charge in [0.1, 0.15) is 5.76 Å². The first-order valence-corrected chi connectivity index (χ1v) is 8.18. The number of anilines is 1. The Hall–Kier alpha value is -3.41. The van der Waals surface area contributed by atoms with Crippen molar-refractivity contribution in [1.29, 1.82) is 0 Å². The standard InChI is InChI=1S/C20H19N3O3/c1-14-4-3-5-16(12-14)6-9-20(25)21-19-10-11-23(22-19)13-17-7-8-18(26-17)15(2)24/h3-12H,13H2,1-2H3,(H,21,22,25). The van der Waals surface area contributed by atoms with Gasteiger partial charge in [-0.2, -0.15) is 5.10 Å². The van der Waals surface area contributed by atoms with Crippen molar-refractivity contribution in [3.05, 3.63) is 77.4 Å². The Kier molecular flexibility index (Phi) is 5.12. The van der Waals surface area contributed by atoms with Crippen molar-refractivity contribution in [2.24, 2.45) is 0 Å². The van der Waals surface area contributed by atoms with Gasteiger partial charge < -0.3 is 9.73 Å². The first-order chi connectivity index (χ1) is 12.5. The Labute approximate surface area is 151 Å². The highest BCUT2D eigenvalue weighted by Gasteiger charge is 2.08. The molecule has 132 valence electrons. The molecule has 0 atom stereocenters. The van der Waals surface area contributed by atoms with Crippen LogP contribution < -0.4 is 5.32 Å². The van der Waals surface area contributed by atoms with Crippen molar-refractivity contribution >= 4 is 23.6 Å². The van der Waals surface area contributed by atoms with Crippen LogP contribution >= 0.6 is 0 Å². The van der Waals surface area contributed by atoms with E-state index in [9.17, 15) is 9.59 Å². The first-order valence-electron chi connectivity index (χ1n) is 8.18. The van der Waals surface area contributed by atoms with Crippen molar-refractivity contribution in [3.63, 3.8) is 0 Å². The highest BCUT2D eigenvalue weighted by molar-refractivity contribution is 6.01. The lowest BCUT2D eigenvalue weighted by molar-refractivity contribution is -0.111. The zero-order valence-corrected chi connectivity index (χ0v) is 14.6. The van der Waals surface area contributed by atoms with Crippen LogP contribution in [0.4, 0.5) is 5.82 Å². The predicted octanol–water partition coefficient (Wildman–Crippen LogP) is 3.69. The molecule has 6 nitrogen and oxygen atoms in total. The highest BCUT2D eigenvalue weighted by atomic mass is 16.3. The van der Waals surface area contributed by atoms with E-state index in [1.165, 1.54) is 13.0 Å². The number of aryl methyl sites for hydroxylation is 1. The van der Waals surface area contributed by atoms with Gasteiger partial charge in [-0.15, -0.1) is 0 Å². The minimum atomic E-state index is -0.256. The molecular weight excluding hydrogens is 330 g/mol. The van der Waals surface area contributed by atoms with Gasteiger partial charge in [-0.25, -0.2) is 0 Å². The Balaban J connectivity index is 1.59. The minimum Gasteiger partial charge on any atom is -0.456 e. The second-order valence-electron chi connectivity index (χ2n) is 5.96. The van der Waals surface area contributed by atoms with Crippen LogP contribution in [0.1, 0.15) is 34.4 Å². The van der Waals surface area contributed by atoms with E-state index in [1.807, 2.05) is 31.2 Å². The maximum Gasteiger partial charge on any atom is 0.249 e. The molecule has 0 fully saturated rings. The zero-order valence-electron chi connectivity index (χ0n) is 14.6. The van der Waals surface area contributed by atoms with Crippen molar-refractivity contribution in [1.82, 2.24) is 9.78 Å². The predicted molar refractivity (Wildman–Crippen MR) is 98.9 cm³/mol. The lowest BCUT2D eigenvalue weighted by Crippen LogP contribution is -2.09. The van der Waals surface area contributed by atoms with E-state index in [0.29, 0.717) is 23.9 Å². The third kappa shape index (κ3) is 4.57. The second kappa shape index (κ2) is 7.65. The summed E-state index contributed by atoms with van der Waals surface area (Å²) >= 11 is 0. The molecule has 0 unspecified atom stereocenters. The summed E-state index contributed by atoms with van der Waals surface area (Å²) in [6.07, 6.45) is 4.96. The van der Waals surface area contributed by atoms with Gasteiger partial charge in [0.05, 0.1) is 6.54 Å². The molecule has 0 spiro atoms. The van der Waals surface area contributed by atoms with E-state index in [-0.39, 0.29) is 11.7 Å². The summed E-state index contributed by atoms with van der Waals surface area (Å²) in [5.74, 6) is 1.01. The fourth-order valence-corrected chi connectivity index (χ4v) is 2.44. The first kappa shape index (κ1) is 17.4. The quantitative estimate of drug-likeness (QED) is 0.544. The van der Waals surface area contributed by atoms with Gasteiger partial charge in [-0.1, -0.05) is 29.8 Å². The molecule has 2 heterocycles. The van der Waals surface area contributed by atoms with E-state index in [1.54, 1.807) is 35.2 Å². The summed E-state index contributed by atoms with van der Waals surface area (Å²) in [4.78, 5) is 23.3. The molecule has 26 heavy (non-hydrogen) atoms. The molecule has 0 saturated carbocycles. The molecule has 0 saturated heterocycles. The molecule has 1 aromatic carbocycles. The van der Waals surface area contributed by atoms with Gasteiger partial charge in [-0.3, -0.25) is 14.3 Å². The molecule has 0 aliphatic carbocycles. The molecule has 1 N–H and O–H groups in total. The zero-order chi connectivity index (χ0) is 18.5. The molecule has 6 heteroatoms. The van der Waals surface area contributed by atoms with Crippen molar-refractivity contribution in [3.8, 4) is 0 Å². The Bertz CT molecular complexity index is 966. The number of benzene rings is 1. The molecule has 3 rings (SSSR count). The van der Waals surface area contributed by atoms with Crippen molar-refractivity contribution < 1.29 is 14.0 Å². The number of nitrogens with zero attached hydrogens (tertiary/aromatic N) is 2. The van der Waals surface area contributed by atoms with Gasteiger partial charge in [0, 0.05) is 25.3 Å².